The highest BCUT2D eigenvalue weighted by molar-refractivity contribution is 7.98. The molecule has 0 aliphatic carbocycles. The number of nitrogens with one attached hydrogen (secondary N) is 1. The highest BCUT2D eigenvalue weighted by Gasteiger charge is 2.32. The zero-order chi connectivity index (χ0) is 19.2. The highest BCUT2D eigenvalue weighted by Crippen LogP contribution is 2.29. The molecule has 1 aromatic heterocycles. The zero-order valence-electron chi connectivity index (χ0n) is 13.6. The van der Waals surface area contributed by atoms with E-state index in [1.807, 2.05) is 30.3 Å². The summed E-state index contributed by atoms with van der Waals surface area (Å²) in [5.74, 6) is 0.876. The molecular weight excluding hydrogens is 389 g/mol. The highest BCUT2D eigenvalue weighted by atomic mass is 35.5. The van der Waals surface area contributed by atoms with Gasteiger partial charge in [-0.3, -0.25) is 9.59 Å². The fourth-order valence-corrected chi connectivity index (χ4v) is 3.15. The SMILES string of the molecule is O=C(Cn1cc(C(F)(F)F)cc(Cl)c1=O)NCCSCc1ccccc1. The minimum atomic E-state index is -4.65. The summed E-state index contributed by atoms with van der Waals surface area (Å²) in [6, 6.07) is 10.4. The first kappa shape index (κ1) is 20.4. The van der Waals surface area contributed by atoms with E-state index in [-0.39, 0.29) is 0 Å². The number of carbonyl (C=O) groups excluding carboxylic acids is 1. The first-order valence-electron chi connectivity index (χ1n) is 7.63. The van der Waals surface area contributed by atoms with E-state index in [1.165, 1.54) is 0 Å². The third-order valence-corrected chi connectivity index (χ3v) is 4.66. The molecule has 0 fully saturated rings. The van der Waals surface area contributed by atoms with E-state index in [0.29, 0.717) is 29.1 Å². The smallest absolute Gasteiger partial charge is 0.354 e. The van der Waals surface area contributed by atoms with Crippen LogP contribution in [0.15, 0.2) is 47.4 Å². The Morgan fingerprint density at radius 3 is 2.58 bits per heavy atom. The van der Waals surface area contributed by atoms with Crippen LogP contribution in [0.5, 0.6) is 0 Å². The number of rotatable bonds is 7. The van der Waals surface area contributed by atoms with Gasteiger partial charge in [0.25, 0.3) is 5.56 Å². The molecule has 1 heterocycles. The fourth-order valence-electron chi connectivity index (χ4n) is 2.11. The van der Waals surface area contributed by atoms with Gasteiger partial charge in [-0.25, -0.2) is 0 Å². The molecule has 2 aromatic rings. The second-order valence-electron chi connectivity index (χ2n) is 5.40. The Morgan fingerprint density at radius 1 is 1.23 bits per heavy atom. The van der Waals surface area contributed by atoms with E-state index in [2.05, 4.69) is 5.32 Å². The number of halogens is 4. The molecule has 140 valence electrons. The number of amides is 1. The summed E-state index contributed by atoms with van der Waals surface area (Å²) >= 11 is 7.16. The van der Waals surface area contributed by atoms with E-state index in [4.69, 9.17) is 11.6 Å². The number of nitrogens with zero attached hydrogens (tertiary/aromatic N) is 1. The van der Waals surface area contributed by atoms with Crippen LogP contribution in [0, 0.1) is 0 Å². The Balaban J connectivity index is 1.84. The average molecular weight is 405 g/mol. The lowest BCUT2D eigenvalue weighted by molar-refractivity contribution is -0.138. The molecule has 0 radical (unpaired) electrons. The van der Waals surface area contributed by atoms with Crippen molar-refractivity contribution in [1.82, 2.24) is 9.88 Å². The second-order valence-corrected chi connectivity index (χ2v) is 6.91. The summed E-state index contributed by atoms with van der Waals surface area (Å²) < 4.78 is 39.0. The van der Waals surface area contributed by atoms with E-state index >= 15 is 0 Å². The van der Waals surface area contributed by atoms with Crippen molar-refractivity contribution in [3.63, 3.8) is 0 Å². The van der Waals surface area contributed by atoms with Crippen molar-refractivity contribution in [2.75, 3.05) is 12.3 Å². The molecule has 0 aliphatic rings. The molecule has 1 aromatic carbocycles. The molecular formula is C17H16ClF3N2O2S. The maximum Gasteiger partial charge on any atom is 0.417 e. The Bertz CT molecular complexity index is 810. The van der Waals surface area contributed by atoms with Gasteiger partial charge < -0.3 is 9.88 Å². The van der Waals surface area contributed by atoms with Crippen molar-refractivity contribution in [2.24, 2.45) is 0 Å². The number of hydrogen-bond donors (Lipinski definition) is 1. The molecule has 0 bridgehead atoms. The van der Waals surface area contributed by atoms with E-state index in [1.54, 1.807) is 11.8 Å². The lowest BCUT2D eigenvalue weighted by atomic mass is 10.2. The summed E-state index contributed by atoms with van der Waals surface area (Å²) in [4.78, 5) is 23.7. The fraction of sp³-hybridized carbons (Fsp3) is 0.294. The van der Waals surface area contributed by atoms with Crippen molar-refractivity contribution in [1.29, 1.82) is 0 Å². The Labute approximate surface area is 157 Å². The first-order valence-corrected chi connectivity index (χ1v) is 9.16. The van der Waals surface area contributed by atoms with Crippen molar-refractivity contribution in [3.8, 4) is 0 Å². The van der Waals surface area contributed by atoms with Crippen LogP contribution in [0.25, 0.3) is 0 Å². The van der Waals surface area contributed by atoms with Gasteiger partial charge in [0.05, 0.1) is 5.56 Å². The molecule has 4 nitrogen and oxygen atoms in total. The predicted octanol–water partition coefficient (Wildman–Crippen LogP) is 3.57. The average Bonchev–Trinajstić information content (AvgIpc) is 2.58. The molecule has 0 spiro atoms. The van der Waals surface area contributed by atoms with E-state index < -0.39 is 34.8 Å². The number of hydrogen-bond acceptors (Lipinski definition) is 3. The van der Waals surface area contributed by atoms with Crippen LogP contribution in [0.1, 0.15) is 11.1 Å². The maximum atomic E-state index is 12.8. The molecule has 1 N–H and O–H groups in total. The maximum absolute atomic E-state index is 12.8. The number of aromatic nitrogens is 1. The van der Waals surface area contributed by atoms with Crippen molar-refractivity contribution in [3.05, 3.63) is 69.1 Å². The van der Waals surface area contributed by atoms with E-state index in [0.717, 1.165) is 11.3 Å². The number of benzene rings is 1. The van der Waals surface area contributed by atoms with Crippen LogP contribution >= 0.6 is 23.4 Å². The van der Waals surface area contributed by atoms with Crippen molar-refractivity contribution < 1.29 is 18.0 Å². The van der Waals surface area contributed by atoms with Gasteiger partial charge in [0.1, 0.15) is 11.6 Å². The number of thioether (sulfide) groups is 1. The predicted molar refractivity (Wildman–Crippen MR) is 96.3 cm³/mol. The molecule has 0 saturated carbocycles. The molecule has 0 unspecified atom stereocenters. The summed E-state index contributed by atoms with van der Waals surface area (Å²) in [7, 11) is 0. The lowest BCUT2D eigenvalue weighted by Gasteiger charge is -2.12. The molecule has 2 rings (SSSR count). The van der Waals surface area contributed by atoms with Crippen molar-refractivity contribution in [2.45, 2.75) is 18.5 Å². The molecule has 9 heteroatoms. The Kier molecular flexibility index (Phi) is 7.16. The van der Waals surface area contributed by atoms with Gasteiger partial charge in [0.2, 0.25) is 5.91 Å². The second kappa shape index (κ2) is 9.14. The Hall–Kier alpha value is -1.93. The largest absolute Gasteiger partial charge is 0.417 e. The summed E-state index contributed by atoms with van der Waals surface area (Å²) in [6.07, 6.45) is -4.05. The monoisotopic (exact) mass is 404 g/mol. The van der Waals surface area contributed by atoms with Gasteiger partial charge in [0, 0.05) is 24.2 Å². The quantitative estimate of drug-likeness (QED) is 0.718. The van der Waals surface area contributed by atoms with Crippen LogP contribution in [0.4, 0.5) is 13.2 Å². The van der Waals surface area contributed by atoms with Crippen molar-refractivity contribution >= 4 is 29.3 Å². The van der Waals surface area contributed by atoms with Gasteiger partial charge in [-0.05, 0) is 11.6 Å². The van der Waals surface area contributed by atoms with Gasteiger partial charge in [0.15, 0.2) is 0 Å². The van der Waals surface area contributed by atoms with Crippen LogP contribution < -0.4 is 10.9 Å². The number of alkyl halides is 3. The van der Waals surface area contributed by atoms with Crippen LogP contribution in [0.3, 0.4) is 0 Å². The third kappa shape index (κ3) is 6.10. The van der Waals surface area contributed by atoms with Gasteiger partial charge in [-0.15, -0.1) is 0 Å². The van der Waals surface area contributed by atoms with E-state index in [9.17, 15) is 22.8 Å². The standard InChI is InChI=1S/C17H16ClF3N2O2S/c18-14-8-13(17(19,20)21)9-23(16(14)25)10-15(24)22-6-7-26-11-12-4-2-1-3-5-12/h1-5,8-9H,6-7,10-11H2,(H,22,24). The molecule has 26 heavy (non-hydrogen) atoms. The first-order chi connectivity index (χ1) is 12.3. The molecule has 1 amide bonds. The summed E-state index contributed by atoms with van der Waals surface area (Å²) in [5, 5.41) is 2.00. The van der Waals surface area contributed by atoms with Gasteiger partial charge in [-0.1, -0.05) is 41.9 Å². The van der Waals surface area contributed by atoms with Crippen LogP contribution in [-0.2, 0) is 23.3 Å². The van der Waals surface area contributed by atoms with Gasteiger partial charge >= 0.3 is 6.18 Å². The van der Waals surface area contributed by atoms with Crippen LogP contribution in [0.2, 0.25) is 5.02 Å². The molecule has 0 aliphatic heterocycles. The number of pyridine rings is 1. The topological polar surface area (TPSA) is 51.1 Å². The minimum absolute atomic E-state index is 0.345. The third-order valence-electron chi connectivity index (χ3n) is 3.36. The lowest BCUT2D eigenvalue weighted by Crippen LogP contribution is -2.34. The molecule has 0 saturated heterocycles. The summed E-state index contributed by atoms with van der Waals surface area (Å²) in [6.45, 7) is -0.177. The number of carbonyl (C=O) groups is 1. The summed E-state index contributed by atoms with van der Waals surface area (Å²) in [5.41, 5.74) is -0.754. The van der Waals surface area contributed by atoms with Gasteiger partial charge in [-0.2, -0.15) is 24.9 Å². The molecule has 0 atom stereocenters. The van der Waals surface area contributed by atoms with Crippen LogP contribution in [-0.4, -0.2) is 22.8 Å². The zero-order valence-corrected chi connectivity index (χ0v) is 15.1. The minimum Gasteiger partial charge on any atom is -0.354 e. The normalized spacial score (nSPS) is 11.4. The Morgan fingerprint density at radius 2 is 1.92 bits per heavy atom.